The van der Waals surface area contributed by atoms with Crippen molar-refractivity contribution in [1.29, 1.82) is 0 Å². The van der Waals surface area contributed by atoms with Gasteiger partial charge in [0.1, 0.15) is 0 Å². The molecule has 0 saturated heterocycles. The van der Waals surface area contributed by atoms with Gasteiger partial charge in [-0.3, -0.25) is 14.4 Å². The molecule has 0 unspecified atom stereocenters. The smallest absolute Gasteiger partial charge is 0.234 e. The van der Waals surface area contributed by atoms with E-state index in [9.17, 15) is 14.4 Å². The van der Waals surface area contributed by atoms with Crippen LogP contribution in [-0.4, -0.2) is 35.0 Å². The molecule has 0 fully saturated rings. The molecule has 2 aromatic rings. The van der Waals surface area contributed by atoms with E-state index in [1.54, 1.807) is 24.3 Å². The van der Waals surface area contributed by atoms with Crippen LogP contribution in [0.2, 0.25) is 0 Å². The summed E-state index contributed by atoms with van der Waals surface area (Å²) in [5, 5.41) is 10.2. The molecule has 0 aliphatic carbocycles. The third kappa shape index (κ3) is 8.10. The first-order chi connectivity index (χ1) is 13.3. The minimum atomic E-state index is -0.149. The molecule has 0 aliphatic rings. The van der Waals surface area contributed by atoms with Crippen molar-refractivity contribution in [2.24, 2.45) is 5.92 Å². The highest BCUT2D eigenvalue weighted by atomic mass is 32.2. The number of benzene rings is 1. The van der Waals surface area contributed by atoms with Crippen molar-refractivity contribution < 1.29 is 14.4 Å². The number of anilines is 2. The van der Waals surface area contributed by atoms with E-state index in [0.29, 0.717) is 29.5 Å². The number of carbonyl (C=O) groups is 3. The molecule has 0 saturated carbocycles. The maximum Gasteiger partial charge on any atom is 0.234 e. The Bertz CT molecular complexity index is 819. The Morgan fingerprint density at radius 2 is 1.71 bits per heavy atom. The Hall–Kier alpha value is -2.39. The zero-order chi connectivity index (χ0) is 20.5. The molecule has 0 aliphatic heterocycles. The van der Waals surface area contributed by atoms with Gasteiger partial charge in [-0.25, -0.2) is 4.98 Å². The molecule has 7 nitrogen and oxygen atoms in total. The van der Waals surface area contributed by atoms with Crippen LogP contribution in [-0.2, 0) is 20.8 Å². The molecule has 0 atom stereocenters. The summed E-state index contributed by atoms with van der Waals surface area (Å²) >= 11 is 2.76. The second-order valence-corrected chi connectivity index (χ2v) is 8.66. The van der Waals surface area contributed by atoms with Gasteiger partial charge in [0.25, 0.3) is 0 Å². The number of thiazole rings is 1. The number of hydrogen-bond donors (Lipinski definition) is 3. The van der Waals surface area contributed by atoms with E-state index in [-0.39, 0.29) is 29.9 Å². The van der Waals surface area contributed by atoms with E-state index in [1.807, 2.05) is 19.2 Å². The van der Waals surface area contributed by atoms with Gasteiger partial charge >= 0.3 is 0 Å². The van der Waals surface area contributed by atoms with Gasteiger partial charge in [0, 0.05) is 30.2 Å². The standard InChI is InChI=1S/C19H24N4O3S2/c1-12(2)9-20-17(25)8-16-10-27-19(23-16)28-11-18(26)22-15-6-4-14(5-7-15)21-13(3)24/h4-7,10,12H,8-9,11H2,1-3H3,(H,20,25)(H,21,24)(H,22,26). The molecule has 1 aromatic carbocycles. The van der Waals surface area contributed by atoms with Gasteiger partial charge in [-0.2, -0.15) is 0 Å². The van der Waals surface area contributed by atoms with Gasteiger partial charge < -0.3 is 16.0 Å². The number of aromatic nitrogens is 1. The molecule has 3 amide bonds. The number of nitrogens with one attached hydrogen (secondary N) is 3. The second-order valence-electron chi connectivity index (χ2n) is 6.57. The number of carbonyl (C=O) groups excluding carboxylic acids is 3. The van der Waals surface area contributed by atoms with Crippen molar-refractivity contribution >= 4 is 52.2 Å². The summed E-state index contributed by atoms with van der Waals surface area (Å²) in [5.41, 5.74) is 2.04. The molecule has 0 spiro atoms. The lowest BCUT2D eigenvalue weighted by molar-refractivity contribution is -0.120. The second kappa shape index (κ2) is 10.8. The Morgan fingerprint density at radius 3 is 2.32 bits per heavy atom. The minimum Gasteiger partial charge on any atom is -0.356 e. The fourth-order valence-corrected chi connectivity index (χ4v) is 3.79. The van der Waals surface area contributed by atoms with Crippen LogP contribution in [0.1, 0.15) is 26.5 Å². The quantitative estimate of drug-likeness (QED) is 0.541. The van der Waals surface area contributed by atoms with Crippen molar-refractivity contribution in [3.8, 4) is 0 Å². The first-order valence-electron chi connectivity index (χ1n) is 8.83. The largest absolute Gasteiger partial charge is 0.356 e. The van der Waals surface area contributed by atoms with E-state index < -0.39 is 0 Å². The highest BCUT2D eigenvalue weighted by molar-refractivity contribution is 8.01. The van der Waals surface area contributed by atoms with Crippen molar-refractivity contribution in [1.82, 2.24) is 10.3 Å². The van der Waals surface area contributed by atoms with E-state index in [1.165, 1.54) is 30.0 Å². The zero-order valence-corrected chi connectivity index (χ0v) is 17.7. The molecule has 28 heavy (non-hydrogen) atoms. The predicted octanol–water partition coefficient (Wildman–Crippen LogP) is 3.15. The van der Waals surface area contributed by atoms with Gasteiger partial charge in [-0.15, -0.1) is 11.3 Å². The van der Waals surface area contributed by atoms with Gasteiger partial charge in [0.15, 0.2) is 4.34 Å². The van der Waals surface area contributed by atoms with Crippen LogP contribution >= 0.6 is 23.1 Å². The average molecular weight is 421 g/mol. The first kappa shape index (κ1) is 21.9. The monoisotopic (exact) mass is 420 g/mol. The molecule has 150 valence electrons. The number of rotatable bonds is 9. The van der Waals surface area contributed by atoms with Crippen LogP contribution in [0.4, 0.5) is 11.4 Å². The summed E-state index contributed by atoms with van der Waals surface area (Å²) in [6, 6.07) is 6.90. The number of hydrogen-bond acceptors (Lipinski definition) is 6. The van der Waals surface area contributed by atoms with Crippen LogP contribution in [0.25, 0.3) is 0 Å². The lowest BCUT2D eigenvalue weighted by Gasteiger charge is -2.06. The fourth-order valence-electron chi connectivity index (χ4n) is 2.15. The van der Waals surface area contributed by atoms with Gasteiger partial charge in [-0.1, -0.05) is 25.6 Å². The van der Waals surface area contributed by atoms with Gasteiger partial charge in [0.2, 0.25) is 17.7 Å². The molecule has 2 rings (SSSR count). The van der Waals surface area contributed by atoms with E-state index in [2.05, 4.69) is 20.9 Å². The highest BCUT2D eigenvalue weighted by Gasteiger charge is 2.10. The molecule has 1 heterocycles. The van der Waals surface area contributed by atoms with Crippen LogP contribution in [0.5, 0.6) is 0 Å². The fraction of sp³-hybridized carbons (Fsp3) is 0.368. The Balaban J connectivity index is 1.76. The molecule has 3 N–H and O–H groups in total. The van der Waals surface area contributed by atoms with Gasteiger partial charge in [-0.05, 0) is 30.2 Å². The predicted molar refractivity (Wildman–Crippen MR) is 114 cm³/mol. The van der Waals surface area contributed by atoms with Crippen LogP contribution < -0.4 is 16.0 Å². The third-order valence-electron chi connectivity index (χ3n) is 3.40. The molecule has 9 heteroatoms. The summed E-state index contributed by atoms with van der Waals surface area (Å²) in [6.07, 6.45) is 0.247. The van der Waals surface area contributed by atoms with Crippen LogP contribution in [0.3, 0.4) is 0 Å². The van der Waals surface area contributed by atoms with E-state index in [4.69, 9.17) is 0 Å². The topological polar surface area (TPSA) is 100 Å². The number of amides is 3. The molecular weight excluding hydrogens is 396 g/mol. The number of nitrogens with zero attached hydrogens (tertiary/aromatic N) is 1. The third-order valence-corrected chi connectivity index (χ3v) is 5.47. The number of thioether (sulfide) groups is 1. The van der Waals surface area contributed by atoms with E-state index in [0.717, 1.165) is 4.34 Å². The van der Waals surface area contributed by atoms with Crippen molar-refractivity contribution in [2.75, 3.05) is 22.9 Å². The Labute approximate surface area is 172 Å². The summed E-state index contributed by atoms with van der Waals surface area (Å²) < 4.78 is 0.753. The lowest BCUT2D eigenvalue weighted by atomic mass is 10.2. The van der Waals surface area contributed by atoms with Crippen molar-refractivity contribution in [3.05, 3.63) is 35.3 Å². The highest BCUT2D eigenvalue weighted by Crippen LogP contribution is 2.23. The lowest BCUT2D eigenvalue weighted by Crippen LogP contribution is -2.28. The maximum atomic E-state index is 12.1. The minimum absolute atomic E-state index is 0.0454. The summed E-state index contributed by atoms with van der Waals surface area (Å²) in [4.78, 5) is 39.3. The van der Waals surface area contributed by atoms with Crippen LogP contribution in [0.15, 0.2) is 34.0 Å². The normalized spacial score (nSPS) is 10.6. The van der Waals surface area contributed by atoms with Crippen molar-refractivity contribution in [2.45, 2.75) is 31.5 Å². The molecule has 1 aromatic heterocycles. The van der Waals surface area contributed by atoms with Crippen LogP contribution in [0, 0.1) is 5.92 Å². The maximum absolute atomic E-state index is 12.1. The molecular formula is C19H24N4O3S2. The van der Waals surface area contributed by atoms with Crippen molar-refractivity contribution in [3.63, 3.8) is 0 Å². The summed E-state index contributed by atoms with van der Waals surface area (Å²) in [6.45, 7) is 6.17. The Kier molecular flexibility index (Phi) is 8.46. The van der Waals surface area contributed by atoms with E-state index >= 15 is 0 Å². The molecule has 0 bridgehead atoms. The van der Waals surface area contributed by atoms with Gasteiger partial charge in [0.05, 0.1) is 17.9 Å². The molecule has 0 radical (unpaired) electrons. The zero-order valence-electron chi connectivity index (χ0n) is 16.1. The SMILES string of the molecule is CC(=O)Nc1ccc(NC(=O)CSc2nc(CC(=O)NCC(C)C)cs2)cc1. The summed E-state index contributed by atoms with van der Waals surface area (Å²) in [5.74, 6) is 0.290. The Morgan fingerprint density at radius 1 is 1.07 bits per heavy atom. The average Bonchev–Trinajstić information content (AvgIpc) is 3.07. The first-order valence-corrected chi connectivity index (χ1v) is 10.7. The summed E-state index contributed by atoms with van der Waals surface area (Å²) in [7, 11) is 0.